The molecule has 7 heteroatoms. The Hall–Kier alpha value is -1.89. The number of nitrogens with zero attached hydrogens (tertiary/aromatic N) is 2. The smallest absolute Gasteiger partial charge is 0.410 e. The number of hydrogen-bond acceptors (Lipinski definition) is 4. The van der Waals surface area contributed by atoms with Gasteiger partial charge in [0.2, 0.25) is 0 Å². The van der Waals surface area contributed by atoms with Crippen LogP contribution in [-0.4, -0.2) is 64.0 Å². The van der Waals surface area contributed by atoms with E-state index < -0.39 is 16.4 Å². The maximum atomic E-state index is 12.5. The molecule has 0 aliphatic carbocycles. The molecule has 0 radical (unpaired) electrons. The van der Waals surface area contributed by atoms with Crippen LogP contribution >= 0.6 is 0 Å². The van der Waals surface area contributed by atoms with Crippen LogP contribution in [0.3, 0.4) is 0 Å². The maximum Gasteiger partial charge on any atom is 0.410 e. The van der Waals surface area contributed by atoms with Crippen molar-refractivity contribution in [1.29, 1.82) is 0 Å². The van der Waals surface area contributed by atoms with E-state index in [-0.39, 0.29) is 12.0 Å². The van der Waals surface area contributed by atoms with Crippen molar-refractivity contribution in [2.45, 2.75) is 31.3 Å². The number of piperazine rings is 1. The van der Waals surface area contributed by atoms with Gasteiger partial charge in [0.1, 0.15) is 5.60 Å². The predicted octanol–water partition coefficient (Wildman–Crippen LogP) is 2.12. The lowest BCUT2D eigenvalue weighted by molar-refractivity contribution is 0.0141. The van der Waals surface area contributed by atoms with Gasteiger partial charge in [0.15, 0.2) is 0 Å². The molecule has 24 heavy (non-hydrogen) atoms. The first-order valence-electron chi connectivity index (χ1n) is 7.88. The summed E-state index contributed by atoms with van der Waals surface area (Å²) in [6.07, 6.45) is 1.26. The quantitative estimate of drug-likeness (QED) is 0.818. The van der Waals surface area contributed by atoms with E-state index in [0.29, 0.717) is 36.6 Å². The number of ether oxygens (including phenoxy) is 1. The summed E-state index contributed by atoms with van der Waals surface area (Å²) in [6.45, 7) is 7.35. The molecular formula is C17H24N2O4S. The van der Waals surface area contributed by atoms with Gasteiger partial charge in [-0.3, -0.25) is 9.00 Å². The lowest BCUT2D eigenvalue weighted by Crippen LogP contribution is -2.51. The summed E-state index contributed by atoms with van der Waals surface area (Å²) in [4.78, 5) is 28.6. The molecule has 2 amide bonds. The lowest BCUT2D eigenvalue weighted by Gasteiger charge is -2.35. The van der Waals surface area contributed by atoms with E-state index in [9.17, 15) is 13.8 Å². The Balaban J connectivity index is 1.93. The van der Waals surface area contributed by atoms with Crippen molar-refractivity contribution in [2.75, 3.05) is 32.4 Å². The molecule has 1 aromatic carbocycles. The van der Waals surface area contributed by atoms with Gasteiger partial charge in [-0.25, -0.2) is 4.79 Å². The highest BCUT2D eigenvalue weighted by atomic mass is 32.2. The lowest BCUT2D eigenvalue weighted by atomic mass is 10.2. The number of carbonyl (C=O) groups excluding carboxylic acids is 2. The minimum atomic E-state index is -1.06. The molecule has 2 rings (SSSR count). The van der Waals surface area contributed by atoms with Crippen LogP contribution in [0.4, 0.5) is 4.79 Å². The highest BCUT2D eigenvalue weighted by Gasteiger charge is 2.28. The Labute approximate surface area is 145 Å². The van der Waals surface area contributed by atoms with Gasteiger partial charge in [0.05, 0.1) is 0 Å². The number of hydrogen-bond donors (Lipinski definition) is 0. The van der Waals surface area contributed by atoms with E-state index in [0.717, 1.165) is 0 Å². The van der Waals surface area contributed by atoms with Gasteiger partial charge in [0, 0.05) is 53.7 Å². The first kappa shape index (κ1) is 18.4. The van der Waals surface area contributed by atoms with E-state index in [1.165, 1.54) is 0 Å². The minimum absolute atomic E-state index is 0.0766. The maximum absolute atomic E-state index is 12.5. The van der Waals surface area contributed by atoms with Crippen LogP contribution < -0.4 is 0 Å². The van der Waals surface area contributed by atoms with Gasteiger partial charge in [-0.2, -0.15) is 0 Å². The van der Waals surface area contributed by atoms with Crippen molar-refractivity contribution in [3.63, 3.8) is 0 Å². The predicted molar refractivity (Wildman–Crippen MR) is 92.5 cm³/mol. The van der Waals surface area contributed by atoms with Gasteiger partial charge in [0.25, 0.3) is 5.91 Å². The second kappa shape index (κ2) is 7.34. The number of benzene rings is 1. The van der Waals surface area contributed by atoms with E-state index >= 15 is 0 Å². The molecule has 1 aromatic rings. The normalized spacial score (nSPS) is 16.7. The van der Waals surface area contributed by atoms with Gasteiger partial charge in [-0.15, -0.1) is 0 Å². The Kier molecular flexibility index (Phi) is 5.64. The number of amides is 2. The van der Waals surface area contributed by atoms with Crippen LogP contribution in [0.1, 0.15) is 31.1 Å². The van der Waals surface area contributed by atoms with Crippen molar-refractivity contribution >= 4 is 22.8 Å². The average Bonchev–Trinajstić information content (AvgIpc) is 2.53. The molecule has 0 bridgehead atoms. The van der Waals surface area contributed by atoms with E-state index in [1.807, 2.05) is 20.8 Å². The fraction of sp³-hybridized carbons (Fsp3) is 0.529. The van der Waals surface area contributed by atoms with Crippen molar-refractivity contribution < 1.29 is 18.5 Å². The first-order valence-corrected chi connectivity index (χ1v) is 9.44. The zero-order valence-electron chi connectivity index (χ0n) is 14.6. The molecule has 0 spiro atoms. The summed E-state index contributed by atoms with van der Waals surface area (Å²) >= 11 is 0. The van der Waals surface area contributed by atoms with Crippen LogP contribution in [0.25, 0.3) is 0 Å². The Morgan fingerprint density at radius 3 is 1.96 bits per heavy atom. The summed E-state index contributed by atoms with van der Waals surface area (Å²) in [7, 11) is -1.06. The SMILES string of the molecule is C[S@@](=O)c1ccc(C(=O)N2CCN(C(=O)OC(C)(C)C)CC2)cc1. The van der Waals surface area contributed by atoms with Crippen LogP contribution in [0.15, 0.2) is 29.2 Å². The van der Waals surface area contributed by atoms with E-state index in [2.05, 4.69) is 0 Å². The molecule has 1 fully saturated rings. The van der Waals surface area contributed by atoms with Crippen LogP contribution in [0, 0.1) is 0 Å². The highest BCUT2D eigenvalue weighted by Crippen LogP contribution is 2.14. The largest absolute Gasteiger partial charge is 0.444 e. The molecule has 1 heterocycles. The summed E-state index contributed by atoms with van der Waals surface area (Å²) in [5.74, 6) is -0.0766. The first-order chi connectivity index (χ1) is 11.2. The molecule has 0 unspecified atom stereocenters. The van der Waals surface area contributed by atoms with Crippen molar-refractivity contribution in [2.24, 2.45) is 0 Å². The van der Waals surface area contributed by atoms with Gasteiger partial charge >= 0.3 is 6.09 Å². The molecule has 6 nitrogen and oxygen atoms in total. The zero-order chi connectivity index (χ0) is 17.9. The van der Waals surface area contributed by atoms with Crippen molar-refractivity contribution in [3.8, 4) is 0 Å². The van der Waals surface area contributed by atoms with E-state index in [4.69, 9.17) is 4.74 Å². The summed E-state index contributed by atoms with van der Waals surface area (Å²) in [5, 5.41) is 0. The fourth-order valence-electron chi connectivity index (χ4n) is 2.39. The average molecular weight is 352 g/mol. The topological polar surface area (TPSA) is 66.9 Å². The Morgan fingerprint density at radius 1 is 1.00 bits per heavy atom. The number of carbonyl (C=O) groups is 2. The number of rotatable bonds is 2. The standard InChI is InChI=1S/C17H24N2O4S/c1-17(2,3)23-16(21)19-11-9-18(10-12-19)15(20)13-5-7-14(8-6-13)24(4)22/h5-8H,9-12H2,1-4H3/t24-/m1/s1. The van der Waals surface area contributed by atoms with E-state index in [1.54, 1.807) is 40.3 Å². The van der Waals surface area contributed by atoms with Gasteiger partial charge in [-0.05, 0) is 45.0 Å². The van der Waals surface area contributed by atoms with Crippen LogP contribution in [0.2, 0.25) is 0 Å². The van der Waals surface area contributed by atoms with Gasteiger partial charge < -0.3 is 14.5 Å². The molecule has 1 atom stereocenters. The molecule has 1 aliphatic heterocycles. The van der Waals surface area contributed by atoms with Gasteiger partial charge in [-0.1, -0.05) is 0 Å². The zero-order valence-corrected chi connectivity index (χ0v) is 15.4. The summed E-state index contributed by atoms with van der Waals surface area (Å²) in [6, 6.07) is 6.80. The third-order valence-electron chi connectivity index (χ3n) is 3.65. The molecule has 0 N–H and O–H groups in total. The fourth-order valence-corrected chi connectivity index (χ4v) is 2.91. The third kappa shape index (κ3) is 4.80. The van der Waals surface area contributed by atoms with Crippen LogP contribution in [-0.2, 0) is 15.5 Å². The molecule has 0 aromatic heterocycles. The van der Waals surface area contributed by atoms with Crippen LogP contribution in [0.5, 0.6) is 0 Å². The Bertz CT molecular complexity index is 629. The molecule has 132 valence electrons. The van der Waals surface area contributed by atoms with Crippen molar-refractivity contribution in [1.82, 2.24) is 9.80 Å². The molecule has 0 saturated carbocycles. The summed E-state index contributed by atoms with van der Waals surface area (Å²) in [5.41, 5.74) is 0.0421. The highest BCUT2D eigenvalue weighted by molar-refractivity contribution is 7.84. The molecule has 1 aliphatic rings. The second-order valence-corrected chi connectivity index (χ2v) is 8.12. The van der Waals surface area contributed by atoms with Crippen molar-refractivity contribution in [3.05, 3.63) is 29.8 Å². The summed E-state index contributed by atoms with van der Waals surface area (Å²) < 4.78 is 16.7. The third-order valence-corrected chi connectivity index (χ3v) is 4.59. The Morgan fingerprint density at radius 2 is 1.50 bits per heavy atom. The monoisotopic (exact) mass is 352 g/mol. The minimum Gasteiger partial charge on any atom is -0.444 e. The molecule has 1 saturated heterocycles. The second-order valence-electron chi connectivity index (χ2n) is 6.74. The molecular weight excluding hydrogens is 328 g/mol.